The predicted octanol–water partition coefficient (Wildman–Crippen LogP) is 1.31. The molecule has 1 unspecified atom stereocenters. The molecule has 0 aliphatic rings. The first kappa shape index (κ1) is 14.4. The third-order valence-electron chi connectivity index (χ3n) is 2.11. The van der Waals surface area contributed by atoms with E-state index in [1.54, 1.807) is 0 Å². The third kappa shape index (κ3) is 3.68. The summed E-state index contributed by atoms with van der Waals surface area (Å²) < 4.78 is 18.0. The second kappa shape index (κ2) is 6.32. The predicted molar refractivity (Wildman–Crippen MR) is 62.2 cm³/mol. The minimum absolute atomic E-state index is 0.181. The van der Waals surface area contributed by atoms with Gasteiger partial charge in [-0.25, -0.2) is 9.18 Å². The molecule has 0 saturated carbocycles. The summed E-state index contributed by atoms with van der Waals surface area (Å²) >= 11 is 5.63. The van der Waals surface area contributed by atoms with Crippen LogP contribution in [0.4, 0.5) is 4.39 Å². The van der Waals surface area contributed by atoms with Gasteiger partial charge in [0.15, 0.2) is 6.04 Å². The minimum atomic E-state index is -1.27. The molecule has 7 heteroatoms. The highest BCUT2D eigenvalue weighted by Gasteiger charge is 2.22. The molecule has 2 N–H and O–H groups in total. The molecule has 0 bridgehead atoms. The van der Waals surface area contributed by atoms with Gasteiger partial charge < -0.3 is 15.2 Å². The highest BCUT2D eigenvalue weighted by molar-refractivity contribution is 6.31. The maximum Gasteiger partial charge on any atom is 0.328 e. The largest absolute Gasteiger partial charge is 0.480 e. The van der Waals surface area contributed by atoms with Gasteiger partial charge in [-0.2, -0.15) is 0 Å². The standard InChI is InChI=1S/C11H11ClFNO4/c1-18-5-9(11(16)17)14-10(15)7-4-6(12)2-3-8(7)13/h2-4,9H,5H2,1H3,(H,14,15)(H,16,17). The number of carbonyl (C=O) groups is 2. The lowest BCUT2D eigenvalue weighted by atomic mass is 10.2. The summed E-state index contributed by atoms with van der Waals surface area (Å²) in [7, 11) is 1.29. The number of carboxylic acids is 1. The molecule has 1 aromatic rings. The van der Waals surface area contributed by atoms with Crippen molar-refractivity contribution >= 4 is 23.5 Å². The average molecular weight is 276 g/mol. The van der Waals surface area contributed by atoms with E-state index >= 15 is 0 Å². The summed E-state index contributed by atoms with van der Waals surface area (Å²) in [5, 5.41) is 11.1. The van der Waals surface area contributed by atoms with Gasteiger partial charge in [0.1, 0.15) is 5.82 Å². The molecular weight excluding hydrogens is 265 g/mol. The second-order valence-electron chi connectivity index (χ2n) is 3.44. The van der Waals surface area contributed by atoms with Gasteiger partial charge in [-0.05, 0) is 18.2 Å². The highest BCUT2D eigenvalue weighted by atomic mass is 35.5. The van der Waals surface area contributed by atoms with Crippen LogP contribution in [-0.2, 0) is 9.53 Å². The van der Waals surface area contributed by atoms with Crippen molar-refractivity contribution in [2.45, 2.75) is 6.04 Å². The van der Waals surface area contributed by atoms with Crippen LogP contribution in [0.3, 0.4) is 0 Å². The fourth-order valence-corrected chi connectivity index (χ4v) is 1.42. The summed E-state index contributed by atoms with van der Waals surface area (Å²) in [6.07, 6.45) is 0. The SMILES string of the molecule is COCC(NC(=O)c1cc(Cl)ccc1F)C(=O)O. The Morgan fingerprint density at radius 1 is 1.56 bits per heavy atom. The van der Waals surface area contributed by atoms with Gasteiger partial charge in [0.25, 0.3) is 5.91 Å². The number of ether oxygens (including phenoxy) is 1. The molecular formula is C11H11ClFNO4. The van der Waals surface area contributed by atoms with Gasteiger partial charge in [0, 0.05) is 12.1 Å². The molecule has 18 heavy (non-hydrogen) atoms. The van der Waals surface area contributed by atoms with Gasteiger partial charge in [-0.1, -0.05) is 11.6 Å². The number of amides is 1. The highest BCUT2D eigenvalue weighted by Crippen LogP contribution is 2.14. The number of carbonyl (C=O) groups excluding carboxylic acids is 1. The van der Waals surface area contributed by atoms with Crippen molar-refractivity contribution in [3.63, 3.8) is 0 Å². The molecule has 1 rings (SSSR count). The Morgan fingerprint density at radius 3 is 2.78 bits per heavy atom. The smallest absolute Gasteiger partial charge is 0.328 e. The van der Waals surface area contributed by atoms with E-state index in [-0.39, 0.29) is 17.2 Å². The Kier molecular flexibility index (Phi) is 5.06. The van der Waals surface area contributed by atoms with Crippen molar-refractivity contribution < 1.29 is 23.8 Å². The Morgan fingerprint density at radius 2 is 2.22 bits per heavy atom. The lowest BCUT2D eigenvalue weighted by molar-refractivity contribution is -0.140. The molecule has 0 aliphatic heterocycles. The number of methoxy groups -OCH3 is 1. The number of nitrogens with one attached hydrogen (secondary N) is 1. The van der Waals surface area contributed by atoms with Crippen molar-refractivity contribution in [3.8, 4) is 0 Å². The Balaban J connectivity index is 2.86. The van der Waals surface area contributed by atoms with E-state index in [2.05, 4.69) is 10.1 Å². The first-order chi connectivity index (χ1) is 8.45. The van der Waals surface area contributed by atoms with E-state index in [1.165, 1.54) is 13.2 Å². The van der Waals surface area contributed by atoms with Crippen LogP contribution in [0.15, 0.2) is 18.2 Å². The van der Waals surface area contributed by atoms with Crippen molar-refractivity contribution in [1.29, 1.82) is 0 Å². The van der Waals surface area contributed by atoms with Gasteiger partial charge in [0.2, 0.25) is 0 Å². The molecule has 5 nitrogen and oxygen atoms in total. The van der Waals surface area contributed by atoms with E-state index in [0.29, 0.717) is 0 Å². The summed E-state index contributed by atoms with van der Waals surface area (Å²) in [6.45, 7) is -0.219. The molecule has 0 saturated heterocycles. The van der Waals surface area contributed by atoms with E-state index in [1.807, 2.05) is 0 Å². The zero-order valence-corrected chi connectivity index (χ0v) is 10.2. The number of carboxylic acid groups (broad SMARTS) is 1. The molecule has 0 spiro atoms. The van der Waals surface area contributed by atoms with E-state index in [4.69, 9.17) is 16.7 Å². The van der Waals surface area contributed by atoms with E-state index in [9.17, 15) is 14.0 Å². The van der Waals surface area contributed by atoms with Crippen LogP contribution in [-0.4, -0.2) is 36.7 Å². The molecule has 1 amide bonds. The molecule has 1 aromatic carbocycles. The maximum absolute atomic E-state index is 13.4. The van der Waals surface area contributed by atoms with Gasteiger partial charge >= 0.3 is 5.97 Å². The number of halogens is 2. The van der Waals surface area contributed by atoms with Crippen molar-refractivity contribution in [2.24, 2.45) is 0 Å². The van der Waals surface area contributed by atoms with Crippen LogP contribution in [0.2, 0.25) is 5.02 Å². The Bertz CT molecular complexity index is 466. The Hall–Kier alpha value is -1.66. The lowest BCUT2D eigenvalue weighted by Crippen LogP contribution is -2.44. The van der Waals surface area contributed by atoms with Gasteiger partial charge in [-0.15, -0.1) is 0 Å². The van der Waals surface area contributed by atoms with E-state index < -0.39 is 23.7 Å². The topological polar surface area (TPSA) is 75.6 Å². The average Bonchev–Trinajstić information content (AvgIpc) is 2.31. The molecule has 0 aliphatic carbocycles. The minimum Gasteiger partial charge on any atom is -0.480 e. The van der Waals surface area contributed by atoms with Crippen LogP contribution >= 0.6 is 11.6 Å². The number of rotatable bonds is 5. The van der Waals surface area contributed by atoms with Gasteiger partial charge in [0.05, 0.1) is 12.2 Å². The molecule has 0 aromatic heterocycles. The monoisotopic (exact) mass is 275 g/mol. The van der Waals surface area contributed by atoms with Gasteiger partial charge in [-0.3, -0.25) is 4.79 Å². The molecule has 98 valence electrons. The number of hydrogen-bond acceptors (Lipinski definition) is 3. The maximum atomic E-state index is 13.4. The lowest BCUT2D eigenvalue weighted by Gasteiger charge is -2.13. The van der Waals surface area contributed by atoms with Crippen molar-refractivity contribution in [2.75, 3.05) is 13.7 Å². The molecule has 0 radical (unpaired) electrons. The zero-order chi connectivity index (χ0) is 13.7. The fourth-order valence-electron chi connectivity index (χ4n) is 1.25. The molecule has 0 heterocycles. The fraction of sp³-hybridized carbons (Fsp3) is 0.273. The first-order valence-corrected chi connectivity index (χ1v) is 5.31. The summed E-state index contributed by atoms with van der Waals surface area (Å²) in [4.78, 5) is 22.5. The quantitative estimate of drug-likeness (QED) is 0.849. The van der Waals surface area contributed by atoms with Crippen LogP contribution in [0.5, 0.6) is 0 Å². The Labute approximate surface area is 108 Å². The van der Waals surface area contributed by atoms with Crippen molar-refractivity contribution in [3.05, 3.63) is 34.6 Å². The number of benzene rings is 1. The zero-order valence-electron chi connectivity index (χ0n) is 9.44. The molecule has 1 atom stereocenters. The first-order valence-electron chi connectivity index (χ1n) is 4.93. The molecule has 0 fully saturated rings. The van der Waals surface area contributed by atoms with Crippen LogP contribution in [0.1, 0.15) is 10.4 Å². The van der Waals surface area contributed by atoms with Crippen LogP contribution in [0, 0.1) is 5.82 Å². The normalized spacial score (nSPS) is 11.9. The number of aliphatic carboxylic acids is 1. The summed E-state index contributed by atoms with van der Waals surface area (Å²) in [5.74, 6) is -2.91. The third-order valence-corrected chi connectivity index (χ3v) is 2.34. The van der Waals surface area contributed by atoms with Crippen molar-refractivity contribution in [1.82, 2.24) is 5.32 Å². The number of hydrogen-bond donors (Lipinski definition) is 2. The van der Waals surface area contributed by atoms with E-state index in [0.717, 1.165) is 12.1 Å². The summed E-state index contributed by atoms with van der Waals surface area (Å²) in [6, 6.07) is 2.19. The second-order valence-corrected chi connectivity index (χ2v) is 3.88. The van der Waals surface area contributed by atoms with Crippen LogP contribution < -0.4 is 5.32 Å². The summed E-state index contributed by atoms with van der Waals surface area (Å²) in [5.41, 5.74) is -0.315. The van der Waals surface area contributed by atoms with Crippen LogP contribution in [0.25, 0.3) is 0 Å².